The van der Waals surface area contributed by atoms with Gasteiger partial charge in [0.15, 0.2) is 0 Å². The van der Waals surface area contributed by atoms with Gasteiger partial charge in [-0.25, -0.2) is 4.98 Å². The molecule has 108 valence electrons. The monoisotopic (exact) mass is 290 g/mol. The molecule has 1 N–H and O–H groups in total. The number of nitrogens with one attached hydrogen (secondary N) is 1. The molecule has 2 aliphatic carbocycles. The first-order valence-corrected chi connectivity index (χ1v) is 9.07. The minimum atomic E-state index is 0.474. The van der Waals surface area contributed by atoms with Gasteiger partial charge in [-0.05, 0) is 44.9 Å². The molecule has 5 rings (SSSR count). The van der Waals surface area contributed by atoms with E-state index >= 15 is 0 Å². The molecule has 0 amide bonds. The van der Waals surface area contributed by atoms with Crippen LogP contribution in [-0.4, -0.2) is 23.2 Å². The van der Waals surface area contributed by atoms with Crippen LogP contribution >= 0.6 is 11.3 Å². The third-order valence-corrected chi connectivity index (χ3v) is 6.46. The summed E-state index contributed by atoms with van der Waals surface area (Å²) in [5.41, 5.74) is 1.43. The fraction of sp³-hybridized carbons (Fsp3) is 0.812. The predicted molar refractivity (Wildman–Crippen MR) is 79.2 cm³/mol. The third-order valence-electron chi connectivity index (χ3n) is 5.26. The number of aromatic nitrogens is 1. The molecule has 3 atom stereocenters. The van der Waals surface area contributed by atoms with E-state index < -0.39 is 0 Å². The summed E-state index contributed by atoms with van der Waals surface area (Å²) in [6.07, 6.45) is 10.2. The molecule has 3 nitrogen and oxygen atoms in total. The summed E-state index contributed by atoms with van der Waals surface area (Å²) in [4.78, 5) is 6.59. The molecular weight excluding hydrogens is 268 g/mol. The van der Waals surface area contributed by atoms with Gasteiger partial charge >= 0.3 is 0 Å². The Balaban J connectivity index is 1.39. The lowest BCUT2D eigenvalue weighted by atomic mass is 9.90. The molecule has 20 heavy (non-hydrogen) atoms. The maximum atomic E-state index is 6.02. The molecule has 1 aromatic rings. The van der Waals surface area contributed by atoms with Crippen molar-refractivity contribution in [1.82, 2.24) is 10.3 Å². The Labute approximate surface area is 124 Å². The van der Waals surface area contributed by atoms with Gasteiger partial charge in [0.25, 0.3) is 0 Å². The Morgan fingerprint density at radius 2 is 2.05 bits per heavy atom. The van der Waals surface area contributed by atoms with Crippen molar-refractivity contribution in [1.29, 1.82) is 0 Å². The number of hydrogen-bond acceptors (Lipinski definition) is 4. The summed E-state index contributed by atoms with van der Waals surface area (Å²) in [6.45, 7) is 1.05. The largest absolute Gasteiger partial charge is 0.374 e. The first kappa shape index (κ1) is 12.1. The van der Waals surface area contributed by atoms with Crippen molar-refractivity contribution in [3.63, 3.8) is 0 Å². The van der Waals surface area contributed by atoms with Gasteiger partial charge in [0.1, 0.15) is 0 Å². The highest BCUT2D eigenvalue weighted by Gasteiger charge is 2.43. The van der Waals surface area contributed by atoms with Crippen molar-refractivity contribution in [2.45, 2.75) is 81.6 Å². The molecule has 2 bridgehead atoms. The fourth-order valence-corrected chi connectivity index (χ4v) is 5.03. The van der Waals surface area contributed by atoms with Crippen LogP contribution in [0.3, 0.4) is 0 Å². The number of rotatable bonds is 5. The van der Waals surface area contributed by atoms with E-state index in [1.54, 1.807) is 0 Å². The molecule has 2 saturated carbocycles. The quantitative estimate of drug-likeness (QED) is 0.903. The average molecular weight is 290 g/mol. The smallest absolute Gasteiger partial charge is 0.0989 e. The van der Waals surface area contributed by atoms with Crippen molar-refractivity contribution in [3.05, 3.63) is 15.6 Å². The van der Waals surface area contributed by atoms with Gasteiger partial charge < -0.3 is 10.1 Å². The maximum Gasteiger partial charge on any atom is 0.0989 e. The van der Waals surface area contributed by atoms with Gasteiger partial charge in [-0.2, -0.15) is 0 Å². The molecule has 2 saturated heterocycles. The highest BCUT2D eigenvalue weighted by Crippen LogP contribution is 2.48. The van der Waals surface area contributed by atoms with E-state index in [-0.39, 0.29) is 0 Å². The summed E-state index contributed by atoms with van der Waals surface area (Å²) in [5.74, 6) is 1.38. The first-order valence-electron chi connectivity index (χ1n) is 8.25. The van der Waals surface area contributed by atoms with Crippen molar-refractivity contribution >= 4 is 11.3 Å². The van der Waals surface area contributed by atoms with Crippen molar-refractivity contribution in [2.24, 2.45) is 0 Å². The molecule has 1 aromatic heterocycles. The van der Waals surface area contributed by atoms with Gasteiger partial charge in [-0.1, -0.05) is 0 Å². The Morgan fingerprint density at radius 1 is 1.15 bits per heavy atom. The van der Waals surface area contributed by atoms with Crippen LogP contribution in [0.4, 0.5) is 0 Å². The third kappa shape index (κ3) is 2.13. The second-order valence-corrected chi connectivity index (χ2v) is 8.12. The highest BCUT2D eigenvalue weighted by molar-refractivity contribution is 7.11. The minimum Gasteiger partial charge on any atom is -0.374 e. The number of thiazole rings is 1. The molecule has 3 unspecified atom stereocenters. The minimum absolute atomic E-state index is 0.474. The van der Waals surface area contributed by atoms with E-state index in [1.165, 1.54) is 60.5 Å². The molecule has 0 radical (unpaired) electrons. The number of hydrogen-bond donors (Lipinski definition) is 1. The van der Waals surface area contributed by atoms with E-state index in [1.807, 2.05) is 11.3 Å². The van der Waals surface area contributed by atoms with Crippen LogP contribution < -0.4 is 5.32 Å². The molecule has 4 aliphatic rings. The summed E-state index contributed by atoms with van der Waals surface area (Å²) < 4.78 is 6.02. The molecule has 0 spiro atoms. The second kappa shape index (κ2) is 4.52. The standard InChI is InChI=1S/C16H22N2OS/c1-2-9(1)15-14(8-17-10-3-4-10)20-16(18-15)12-7-11-5-6-13(12)19-11/h9-13,17H,1-8H2. The number of nitrogens with zero attached hydrogens (tertiary/aromatic N) is 1. The SMILES string of the molecule is C(NC1CC1)c1sc(C2CC3CCC2O3)nc1C1CC1. The van der Waals surface area contributed by atoms with Crippen LogP contribution in [0.1, 0.15) is 72.4 Å². The van der Waals surface area contributed by atoms with Crippen molar-refractivity contribution < 1.29 is 4.74 Å². The van der Waals surface area contributed by atoms with Crippen LogP contribution in [-0.2, 0) is 11.3 Å². The zero-order valence-electron chi connectivity index (χ0n) is 11.8. The molecule has 4 heteroatoms. The Bertz CT molecular complexity index is 521. The summed E-state index contributed by atoms with van der Waals surface area (Å²) in [6, 6.07) is 0.790. The van der Waals surface area contributed by atoms with E-state index in [0.29, 0.717) is 18.1 Å². The van der Waals surface area contributed by atoms with E-state index in [2.05, 4.69) is 5.32 Å². The summed E-state index contributed by atoms with van der Waals surface area (Å²) >= 11 is 1.98. The molecule has 3 heterocycles. The lowest BCUT2D eigenvalue weighted by Gasteiger charge is -2.15. The topological polar surface area (TPSA) is 34.1 Å². The van der Waals surface area contributed by atoms with Gasteiger partial charge in [-0.3, -0.25) is 0 Å². The summed E-state index contributed by atoms with van der Waals surface area (Å²) in [7, 11) is 0. The molecule has 4 fully saturated rings. The fourth-order valence-electron chi connectivity index (χ4n) is 3.77. The molecule has 2 aliphatic heterocycles. The maximum absolute atomic E-state index is 6.02. The van der Waals surface area contributed by atoms with Crippen molar-refractivity contribution in [2.75, 3.05) is 0 Å². The lowest BCUT2D eigenvalue weighted by molar-refractivity contribution is 0.100. The van der Waals surface area contributed by atoms with Crippen LogP contribution in [0.15, 0.2) is 0 Å². The van der Waals surface area contributed by atoms with Crippen LogP contribution in [0.25, 0.3) is 0 Å². The van der Waals surface area contributed by atoms with E-state index in [0.717, 1.165) is 18.5 Å². The van der Waals surface area contributed by atoms with Gasteiger partial charge in [0.05, 0.1) is 22.9 Å². The summed E-state index contributed by atoms with van der Waals surface area (Å²) in [5, 5.41) is 5.05. The number of fused-ring (bicyclic) bond motifs is 2. The predicted octanol–water partition coefficient (Wildman–Crippen LogP) is 3.31. The van der Waals surface area contributed by atoms with Crippen LogP contribution in [0.2, 0.25) is 0 Å². The van der Waals surface area contributed by atoms with Gasteiger partial charge in [0.2, 0.25) is 0 Å². The highest BCUT2D eigenvalue weighted by atomic mass is 32.1. The Morgan fingerprint density at radius 3 is 2.70 bits per heavy atom. The Hall–Kier alpha value is -0.450. The lowest BCUT2D eigenvalue weighted by Crippen LogP contribution is -2.15. The van der Waals surface area contributed by atoms with Gasteiger partial charge in [0, 0.05) is 29.3 Å². The number of ether oxygens (including phenoxy) is 1. The Kier molecular flexibility index (Phi) is 2.74. The second-order valence-electron chi connectivity index (χ2n) is 7.01. The zero-order valence-corrected chi connectivity index (χ0v) is 12.6. The van der Waals surface area contributed by atoms with Crippen LogP contribution in [0.5, 0.6) is 0 Å². The normalized spacial score (nSPS) is 35.9. The molecular formula is C16H22N2OS. The zero-order chi connectivity index (χ0) is 13.1. The van der Waals surface area contributed by atoms with Crippen molar-refractivity contribution in [3.8, 4) is 0 Å². The van der Waals surface area contributed by atoms with Crippen LogP contribution in [0, 0.1) is 0 Å². The van der Waals surface area contributed by atoms with Gasteiger partial charge in [-0.15, -0.1) is 11.3 Å². The van der Waals surface area contributed by atoms with E-state index in [4.69, 9.17) is 9.72 Å². The molecule has 0 aromatic carbocycles. The average Bonchev–Trinajstić information content (AvgIpc) is 3.37. The first-order chi connectivity index (χ1) is 9.87. The van der Waals surface area contributed by atoms with E-state index in [9.17, 15) is 0 Å².